The summed E-state index contributed by atoms with van der Waals surface area (Å²) in [5, 5.41) is 7.42. The number of ether oxygens (including phenoxy) is 1. The number of hydrogen-bond acceptors (Lipinski definition) is 4. The van der Waals surface area contributed by atoms with Gasteiger partial charge in [0.15, 0.2) is 0 Å². The van der Waals surface area contributed by atoms with Gasteiger partial charge in [-0.05, 0) is 7.05 Å². The molecule has 1 unspecified atom stereocenters. The first-order chi connectivity index (χ1) is 7.24. The second-order valence-corrected chi connectivity index (χ2v) is 4.04. The van der Waals surface area contributed by atoms with Crippen LogP contribution < -0.4 is 5.32 Å². The highest BCUT2D eigenvalue weighted by atomic mass is 16.5. The number of nitrogens with one attached hydrogen (secondary N) is 1. The van der Waals surface area contributed by atoms with Crippen molar-refractivity contribution < 1.29 is 4.74 Å². The highest BCUT2D eigenvalue weighted by molar-refractivity contribution is 5.38. The first kappa shape index (κ1) is 10.4. The van der Waals surface area contributed by atoms with E-state index in [2.05, 4.69) is 22.4 Å². The van der Waals surface area contributed by atoms with Crippen molar-refractivity contribution >= 4 is 5.69 Å². The van der Waals surface area contributed by atoms with E-state index in [1.54, 1.807) is 4.68 Å². The minimum absolute atomic E-state index is 0.281. The SMILES string of the molecule is CN1CCOC(CNc2cnn(C)c2)C1. The summed E-state index contributed by atoms with van der Waals surface area (Å²) in [5.74, 6) is 0. The molecule has 2 rings (SSSR count). The standard InChI is InChI=1S/C10H18N4O/c1-13-3-4-15-10(8-13)6-11-9-5-12-14(2)7-9/h5,7,10-11H,3-4,6,8H2,1-2H3. The number of nitrogens with zero attached hydrogens (tertiary/aromatic N) is 3. The van der Waals surface area contributed by atoms with Crippen molar-refractivity contribution in [2.75, 3.05) is 38.6 Å². The number of morpholine rings is 1. The predicted octanol–water partition coefficient (Wildman–Crippen LogP) is 0.163. The zero-order chi connectivity index (χ0) is 10.7. The van der Waals surface area contributed by atoms with Gasteiger partial charge in [0.2, 0.25) is 0 Å². The molecule has 0 aliphatic carbocycles. The Morgan fingerprint density at radius 3 is 3.13 bits per heavy atom. The average molecular weight is 210 g/mol. The van der Waals surface area contributed by atoms with Gasteiger partial charge in [0, 0.05) is 32.9 Å². The third-order valence-corrected chi connectivity index (χ3v) is 2.58. The summed E-state index contributed by atoms with van der Waals surface area (Å²) < 4.78 is 7.43. The lowest BCUT2D eigenvalue weighted by Gasteiger charge is -2.30. The summed E-state index contributed by atoms with van der Waals surface area (Å²) in [5.41, 5.74) is 1.05. The van der Waals surface area contributed by atoms with Gasteiger partial charge in [0.1, 0.15) is 0 Å². The average Bonchev–Trinajstić information content (AvgIpc) is 2.62. The lowest BCUT2D eigenvalue weighted by atomic mass is 10.3. The topological polar surface area (TPSA) is 42.3 Å². The van der Waals surface area contributed by atoms with Crippen LogP contribution in [0.1, 0.15) is 0 Å². The number of rotatable bonds is 3. The molecule has 84 valence electrons. The highest BCUT2D eigenvalue weighted by Crippen LogP contribution is 2.07. The molecule has 0 amide bonds. The van der Waals surface area contributed by atoms with E-state index in [0.717, 1.165) is 31.9 Å². The first-order valence-electron chi connectivity index (χ1n) is 5.27. The van der Waals surface area contributed by atoms with E-state index in [1.807, 2.05) is 19.4 Å². The Kier molecular flexibility index (Phi) is 3.23. The van der Waals surface area contributed by atoms with Crippen molar-refractivity contribution in [3.05, 3.63) is 12.4 Å². The van der Waals surface area contributed by atoms with E-state index < -0.39 is 0 Å². The molecule has 5 nitrogen and oxygen atoms in total. The van der Waals surface area contributed by atoms with Gasteiger partial charge in [-0.1, -0.05) is 0 Å². The van der Waals surface area contributed by atoms with E-state index in [0.29, 0.717) is 0 Å². The van der Waals surface area contributed by atoms with Crippen LogP contribution in [0.4, 0.5) is 5.69 Å². The number of aryl methyl sites for hydroxylation is 1. The molecule has 0 spiro atoms. The third-order valence-electron chi connectivity index (χ3n) is 2.58. The Bertz CT molecular complexity index is 312. The molecule has 1 aromatic heterocycles. The molecule has 0 aromatic carbocycles. The van der Waals surface area contributed by atoms with Crippen molar-refractivity contribution in [2.24, 2.45) is 7.05 Å². The maximum Gasteiger partial charge on any atom is 0.0874 e. The number of anilines is 1. The highest BCUT2D eigenvalue weighted by Gasteiger charge is 2.17. The van der Waals surface area contributed by atoms with Gasteiger partial charge in [-0.2, -0.15) is 5.10 Å². The fraction of sp³-hybridized carbons (Fsp3) is 0.700. The molecule has 5 heteroatoms. The minimum atomic E-state index is 0.281. The molecule has 0 radical (unpaired) electrons. The van der Waals surface area contributed by atoms with Gasteiger partial charge in [-0.15, -0.1) is 0 Å². The normalized spacial score (nSPS) is 22.9. The van der Waals surface area contributed by atoms with Gasteiger partial charge < -0.3 is 15.0 Å². The van der Waals surface area contributed by atoms with Crippen LogP contribution in [0.2, 0.25) is 0 Å². The maximum absolute atomic E-state index is 5.65. The zero-order valence-electron chi connectivity index (χ0n) is 9.31. The van der Waals surface area contributed by atoms with Gasteiger partial charge in [-0.3, -0.25) is 4.68 Å². The summed E-state index contributed by atoms with van der Waals surface area (Å²) in [7, 11) is 4.04. The molecule has 0 saturated carbocycles. The van der Waals surface area contributed by atoms with Crippen molar-refractivity contribution in [3.8, 4) is 0 Å². The van der Waals surface area contributed by atoms with Gasteiger partial charge in [0.25, 0.3) is 0 Å². The molecule has 1 aromatic rings. The van der Waals surface area contributed by atoms with E-state index in [4.69, 9.17) is 4.74 Å². The predicted molar refractivity (Wildman–Crippen MR) is 58.9 cm³/mol. The van der Waals surface area contributed by atoms with Crippen molar-refractivity contribution in [1.29, 1.82) is 0 Å². The fourth-order valence-corrected chi connectivity index (χ4v) is 1.73. The third kappa shape index (κ3) is 2.94. The number of likely N-dealkylation sites (N-methyl/N-ethyl adjacent to an activating group) is 1. The van der Waals surface area contributed by atoms with Crippen LogP contribution in [-0.2, 0) is 11.8 Å². The Morgan fingerprint density at radius 2 is 2.47 bits per heavy atom. The van der Waals surface area contributed by atoms with E-state index in [9.17, 15) is 0 Å². The maximum atomic E-state index is 5.65. The zero-order valence-corrected chi connectivity index (χ0v) is 9.31. The summed E-state index contributed by atoms with van der Waals surface area (Å²) in [6.07, 6.45) is 4.07. The molecule has 1 aliphatic rings. The summed E-state index contributed by atoms with van der Waals surface area (Å²) in [6.45, 7) is 3.70. The molecular weight excluding hydrogens is 192 g/mol. The van der Waals surface area contributed by atoms with Crippen LogP contribution in [0.25, 0.3) is 0 Å². The summed E-state index contributed by atoms with van der Waals surface area (Å²) in [6, 6.07) is 0. The molecule has 1 atom stereocenters. The molecule has 15 heavy (non-hydrogen) atoms. The van der Waals surface area contributed by atoms with Crippen molar-refractivity contribution in [2.45, 2.75) is 6.10 Å². The van der Waals surface area contributed by atoms with Gasteiger partial charge in [-0.25, -0.2) is 0 Å². The Labute approximate surface area is 90.0 Å². The molecule has 1 saturated heterocycles. The molecule has 1 aliphatic heterocycles. The first-order valence-corrected chi connectivity index (χ1v) is 5.27. The van der Waals surface area contributed by atoms with Gasteiger partial charge >= 0.3 is 0 Å². The number of aromatic nitrogens is 2. The molecule has 2 heterocycles. The van der Waals surface area contributed by atoms with E-state index >= 15 is 0 Å². The van der Waals surface area contributed by atoms with Crippen LogP contribution >= 0.6 is 0 Å². The lowest BCUT2D eigenvalue weighted by molar-refractivity contribution is -0.0117. The smallest absolute Gasteiger partial charge is 0.0874 e. The Morgan fingerprint density at radius 1 is 1.60 bits per heavy atom. The lowest BCUT2D eigenvalue weighted by Crippen LogP contribution is -2.43. The van der Waals surface area contributed by atoms with Crippen molar-refractivity contribution in [1.82, 2.24) is 14.7 Å². The summed E-state index contributed by atoms with van der Waals surface area (Å²) in [4.78, 5) is 2.29. The molecular formula is C10H18N4O. The monoisotopic (exact) mass is 210 g/mol. The Hall–Kier alpha value is -1.07. The van der Waals surface area contributed by atoms with Crippen LogP contribution in [0.3, 0.4) is 0 Å². The van der Waals surface area contributed by atoms with E-state index in [1.165, 1.54) is 0 Å². The van der Waals surface area contributed by atoms with Crippen LogP contribution in [0.5, 0.6) is 0 Å². The fourth-order valence-electron chi connectivity index (χ4n) is 1.73. The van der Waals surface area contributed by atoms with Crippen LogP contribution in [-0.4, -0.2) is 54.1 Å². The number of hydrogen-bond donors (Lipinski definition) is 1. The summed E-state index contributed by atoms with van der Waals surface area (Å²) >= 11 is 0. The van der Waals surface area contributed by atoms with E-state index in [-0.39, 0.29) is 6.10 Å². The minimum Gasteiger partial charge on any atom is -0.380 e. The molecule has 0 bridgehead atoms. The largest absolute Gasteiger partial charge is 0.380 e. The van der Waals surface area contributed by atoms with Gasteiger partial charge in [0.05, 0.1) is 24.6 Å². The quantitative estimate of drug-likeness (QED) is 0.772. The second-order valence-electron chi connectivity index (χ2n) is 4.04. The Balaban J connectivity index is 1.77. The van der Waals surface area contributed by atoms with Crippen molar-refractivity contribution in [3.63, 3.8) is 0 Å². The molecule has 1 fully saturated rings. The van der Waals surface area contributed by atoms with Crippen LogP contribution in [0.15, 0.2) is 12.4 Å². The molecule has 1 N–H and O–H groups in total. The van der Waals surface area contributed by atoms with Crippen LogP contribution in [0, 0.1) is 0 Å². The second kappa shape index (κ2) is 4.63.